The van der Waals surface area contributed by atoms with Crippen LogP contribution in [0, 0.1) is 0 Å². The van der Waals surface area contributed by atoms with Crippen molar-refractivity contribution in [3.8, 4) is 0 Å². The van der Waals surface area contributed by atoms with E-state index in [4.69, 9.17) is 0 Å². The molecule has 1 heterocycles. The van der Waals surface area contributed by atoms with Gasteiger partial charge in [0, 0.05) is 35.3 Å². The van der Waals surface area contributed by atoms with Gasteiger partial charge in [-0.3, -0.25) is 0 Å². The molecule has 0 spiro atoms. The monoisotopic (exact) mass is 349 g/mol. The Kier molecular flexibility index (Phi) is 4.61. The molecule has 3 nitrogen and oxygen atoms in total. The second-order valence-corrected chi connectivity index (χ2v) is 8.23. The predicted molar refractivity (Wildman–Crippen MR) is 82.4 cm³/mol. The second-order valence-electron chi connectivity index (χ2n) is 4.31. The smallest absolute Gasteiger partial charge is 0.169 e. The zero-order valence-corrected chi connectivity index (χ0v) is 13.4. The van der Waals surface area contributed by atoms with Crippen molar-refractivity contribution in [2.45, 2.75) is 10.7 Å². The highest BCUT2D eigenvalue weighted by molar-refractivity contribution is 9.08. The maximum absolute atomic E-state index is 11.9. The molecule has 0 amide bonds. The molecule has 0 aromatic heterocycles. The molecule has 1 fully saturated rings. The third kappa shape index (κ3) is 3.03. The Bertz CT molecular complexity index is 519. The highest BCUT2D eigenvalue weighted by Gasteiger charge is 2.31. The molecule has 0 saturated carbocycles. The summed E-state index contributed by atoms with van der Waals surface area (Å²) >= 11 is 5.17. The van der Waals surface area contributed by atoms with Gasteiger partial charge in [-0.2, -0.15) is 11.8 Å². The van der Waals surface area contributed by atoms with Gasteiger partial charge in [0.25, 0.3) is 0 Å². The minimum atomic E-state index is -3.06. The summed E-state index contributed by atoms with van der Waals surface area (Å²) < 4.78 is 23.8. The van der Waals surface area contributed by atoms with Crippen LogP contribution >= 0.6 is 27.7 Å². The minimum Gasteiger partial charge on any atom is -0.353 e. The van der Waals surface area contributed by atoms with E-state index in [1.165, 1.54) is 6.26 Å². The van der Waals surface area contributed by atoms with Crippen LogP contribution in [0.15, 0.2) is 24.3 Å². The summed E-state index contributed by atoms with van der Waals surface area (Å²) in [6, 6.07) is 7.98. The van der Waals surface area contributed by atoms with Crippen LogP contribution in [-0.2, 0) is 15.2 Å². The van der Waals surface area contributed by atoms with Crippen LogP contribution in [0.5, 0.6) is 0 Å². The number of benzene rings is 1. The number of hydrogen-bond donors (Lipinski definition) is 0. The molecule has 6 heteroatoms. The topological polar surface area (TPSA) is 37.4 Å². The lowest BCUT2D eigenvalue weighted by atomic mass is 10.2. The van der Waals surface area contributed by atoms with Crippen LogP contribution < -0.4 is 4.90 Å². The molecule has 100 valence electrons. The minimum absolute atomic E-state index is 0.406. The largest absolute Gasteiger partial charge is 0.353 e. The zero-order valence-electron chi connectivity index (χ0n) is 10.2. The van der Waals surface area contributed by atoms with Crippen molar-refractivity contribution >= 4 is 43.2 Å². The first-order valence-corrected chi connectivity index (χ1v) is 9.94. The molecule has 0 aliphatic carbocycles. The Labute approximate surface area is 121 Å². The molecule has 1 aliphatic rings. The summed E-state index contributed by atoms with van der Waals surface area (Å²) in [6.07, 6.45) is 1.33. The first-order valence-electron chi connectivity index (χ1n) is 5.71. The van der Waals surface area contributed by atoms with Gasteiger partial charge in [0.15, 0.2) is 9.84 Å². The lowest BCUT2D eigenvalue weighted by molar-refractivity contribution is 0.584. The second kappa shape index (κ2) is 5.84. The molecule has 1 atom stereocenters. The van der Waals surface area contributed by atoms with Crippen molar-refractivity contribution in [1.29, 1.82) is 0 Å². The van der Waals surface area contributed by atoms with Gasteiger partial charge in [-0.05, 0) is 11.6 Å². The first-order chi connectivity index (χ1) is 8.54. The number of sulfone groups is 1. The van der Waals surface area contributed by atoms with Crippen molar-refractivity contribution in [3.63, 3.8) is 0 Å². The number of alkyl halides is 1. The van der Waals surface area contributed by atoms with Crippen molar-refractivity contribution in [1.82, 2.24) is 0 Å². The van der Waals surface area contributed by atoms with Crippen molar-refractivity contribution in [3.05, 3.63) is 29.8 Å². The van der Waals surface area contributed by atoms with Gasteiger partial charge in [-0.25, -0.2) is 8.42 Å². The van der Waals surface area contributed by atoms with Gasteiger partial charge in [0.2, 0.25) is 0 Å². The van der Waals surface area contributed by atoms with Gasteiger partial charge >= 0.3 is 0 Å². The third-order valence-electron chi connectivity index (χ3n) is 3.02. The summed E-state index contributed by atoms with van der Waals surface area (Å²) in [7, 11) is -3.06. The first kappa shape index (κ1) is 14.2. The lowest BCUT2D eigenvalue weighted by Crippen LogP contribution is -2.47. The molecular weight excluding hydrogens is 334 g/mol. The van der Waals surface area contributed by atoms with Gasteiger partial charge < -0.3 is 4.90 Å². The molecule has 1 aromatic rings. The summed E-state index contributed by atoms with van der Waals surface area (Å²) in [5.41, 5.74) is 2.17. The van der Waals surface area contributed by atoms with E-state index in [-0.39, 0.29) is 0 Å². The van der Waals surface area contributed by atoms with Crippen molar-refractivity contribution in [2.75, 3.05) is 29.2 Å². The number of hydrogen-bond acceptors (Lipinski definition) is 4. The van der Waals surface area contributed by atoms with Gasteiger partial charge in [-0.15, -0.1) is 0 Å². The van der Waals surface area contributed by atoms with Crippen LogP contribution in [0.4, 0.5) is 5.69 Å². The Balaban J connectivity index is 2.40. The molecule has 1 aromatic carbocycles. The average Bonchev–Trinajstić information content (AvgIpc) is 2.37. The van der Waals surface area contributed by atoms with E-state index in [1.807, 2.05) is 29.2 Å². The van der Waals surface area contributed by atoms with E-state index in [9.17, 15) is 8.42 Å². The number of para-hydroxylation sites is 1. The quantitative estimate of drug-likeness (QED) is 0.785. The van der Waals surface area contributed by atoms with E-state index in [0.717, 1.165) is 28.9 Å². The molecule has 0 radical (unpaired) electrons. The van der Waals surface area contributed by atoms with Crippen LogP contribution in [0.1, 0.15) is 5.56 Å². The number of halogens is 1. The Morgan fingerprint density at radius 2 is 2.17 bits per heavy atom. The Morgan fingerprint density at radius 1 is 1.44 bits per heavy atom. The fourth-order valence-corrected chi connectivity index (χ4v) is 5.42. The molecule has 0 N–H and O–H groups in total. The molecule has 2 rings (SSSR count). The summed E-state index contributed by atoms with van der Waals surface area (Å²) in [5.74, 6) is 1.62. The fourth-order valence-electron chi connectivity index (χ4n) is 2.12. The van der Waals surface area contributed by atoms with Crippen LogP contribution in [0.25, 0.3) is 0 Å². The fraction of sp³-hybridized carbons (Fsp3) is 0.500. The molecular formula is C12H16BrNO2S2. The van der Waals surface area contributed by atoms with E-state index >= 15 is 0 Å². The molecule has 1 saturated heterocycles. The normalized spacial score (nSPS) is 21.0. The number of nitrogens with zero attached hydrogens (tertiary/aromatic N) is 1. The van der Waals surface area contributed by atoms with E-state index in [1.54, 1.807) is 11.8 Å². The van der Waals surface area contributed by atoms with E-state index in [0.29, 0.717) is 5.75 Å². The Hall–Kier alpha value is -0.200. The summed E-state index contributed by atoms with van der Waals surface area (Å²) in [6.45, 7) is 0.784. The lowest BCUT2D eigenvalue weighted by Gasteiger charge is -2.36. The van der Waals surface area contributed by atoms with Crippen molar-refractivity contribution < 1.29 is 8.42 Å². The number of rotatable bonds is 3. The molecule has 18 heavy (non-hydrogen) atoms. The number of thioether (sulfide) groups is 1. The van der Waals surface area contributed by atoms with E-state index < -0.39 is 15.2 Å². The highest BCUT2D eigenvalue weighted by atomic mass is 79.9. The summed E-state index contributed by atoms with van der Waals surface area (Å²) in [5, 5.41) is 0.333. The van der Waals surface area contributed by atoms with Gasteiger partial charge in [-0.1, -0.05) is 34.1 Å². The van der Waals surface area contributed by atoms with Crippen LogP contribution in [0.2, 0.25) is 0 Å². The molecule has 1 aliphatic heterocycles. The van der Waals surface area contributed by atoms with Crippen molar-refractivity contribution in [2.24, 2.45) is 0 Å². The van der Waals surface area contributed by atoms with Crippen LogP contribution in [-0.4, -0.2) is 38.1 Å². The SMILES string of the molecule is CS(=O)(=O)C1CSCCN1c1ccccc1CBr. The maximum Gasteiger partial charge on any atom is 0.169 e. The number of anilines is 1. The van der Waals surface area contributed by atoms with Gasteiger partial charge in [0.1, 0.15) is 5.37 Å². The summed E-state index contributed by atoms with van der Waals surface area (Å²) in [4.78, 5) is 2.03. The third-order valence-corrected chi connectivity index (χ3v) is 6.27. The zero-order chi connectivity index (χ0) is 13.2. The molecule has 0 bridgehead atoms. The predicted octanol–water partition coefficient (Wildman–Crippen LogP) is 2.51. The maximum atomic E-state index is 11.9. The van der Waals surface area contributed by atoms with Crippen LogP contribution in [0.3, 0.4) is 0 Å². The van der Waals surface area contributed by atoms with E-state index in [2.05, 4.69) is 15.9 Å². The average molecular weight is 350 g/mol. The Morgan fingerprint density at radius 3 is 2.83 bits per heavy atom. The standard InChI is InChI=1S/C12H16BrNO2S2/c1-18(15,16)12-9-17-7-6-14(12)11-5-3-2-4-10(11)8-13/h2-5,12H,6-9H2,1H3. The van der Waals surface area contributed by atoms with Gasteiger partial charge in [0.05, 0.1) is 0 Å². The molecule has 1 unspecified atom stereocenters. The highest BCUT2D eigenvalue weighted by Crippen LogP contribution is 2.30.